The maximum Gasteiger partial charge on any atom is 0.204 e. The Bertz CT molecular complexity index is 1150. The van der Waals surface area contributed by atoms with Gasteiger partial charge in [0.1, 0.15) is 11.4 Å². The van der Waals surface area contributed by atoms with E-state index in [-0.39, 0.29) is 61.1 Å². The monoisotopic (exact) mass is 624 g/mol. The van der Waals surface area contributed by atoms with Crippen molar-refractivity contribution in [1.82, 2.24) is 19.4 Å². The molecule has 1 atom stereocenters. The number of piperidine rings is 1. The molecule has 0 saturated carbocycles. The number of likely N-dealkylation sites (tertiary alicyclic amines) is 1. The average molecular weight is 627 g/mol. The number of aromatic nitrogens is 3. The third kappa shape index (κ3) is 8.73. The molecule has 12 heteroatoms. The molecule has 2 aliphatic rings. The van der Waals surface area contributed by atoms with Crippen LogP contribution in [0.15, 0.2) is 30.3 Å². The zero-order chi connectivity index (χ0) is 23.7. The maximum atomic E-state index is 10.8. The average Bonchev–Trinajstić information content (AvgIpc) is 3.17. The third-order valence-corrected chi connectivity index (χ3v) is 7.57. The van der Waals surface area contributed by atoms with Crippen LogP contribution in [0.1, 0.15) is 56.5 Å². The van der Waals surface area contributed by atoms with Crippen LogP contribution in [0.5, 0.6) is 5.75 Å². The van der Waals surface area contributed by atoms with Crippen LogP contribution in [0.3, 0.4) is 0 Å². The quantitative estimate of drug-likeness (QED) is 0.347. The summed E-state index contributed by atoms with van der Waals surface area (Å²) in [6, 6.07) is 10.7. The fourth-order valence-corrected chi connectivity index (χ4v) is 5.23. The summed E-state index contributed by atoms with van der Waals surface area (Å²) in [6.07, 6.45) is 6.49. The molecule has 1 aromatic carbocycles. The second-order valence-corrected chi connectivity index (χ2v) is 10.4. The number of benzene rings is 1. The van der Waals surface area contributed by atoms with Gasteiger partial charge >= 0.3 is 0 Å². The topological polar surface area (TPSA) is 124 Å². The SMILES string of the molecule is CC(C)C(N)CN1CCC(Nc2nc3ccccc3n2Cc2nc3c(cc2O)CCCC3)CC1.Cl.Cl.Cl.Cl.O. The molecule has 222 valence electrons. The van der Waals surface area contributed by atoms with Crippen molar-refractivity contribution in [3.05, 3.63) is 47.3 Å². The van der Waals surface area contributed by atoms with Crippen molar-refractivity contribution in [3.63, 3.8) is 0 Å². The summed E-state index contributed by atoms with van der Waals surface area (Å²) in [5, 5.41) is 14.5. The molecule has 0 amide bonds. The number of anilines is 1. The summed E-state index contributed by atoms with van der Waals surface area (Å²) in [5.74, 6) is 1.65. The lowest BCUT2D eigenvalue weighted by molar-refractivity contribution is 0.194. The van der Waals surface area contributed by atoms with Gasteiger partial charge in [0.05, 0.1) is 17.6 Å². The van der Waals surface area contributed by atoms with Crippen molar-refractivity contribution < 1.29 is 10.6 Å². The lowest BCUT2D eigenvalue weighted by Crippen LogP contribution is -2.46. The molecule has 3 heterocycles. The van der Waals surface area contributed by atoms with E-state index in [9.17, 15) is 5.11 Å². The summed E-state index contributed by atoms with van der Waals surface area (Å²) >= 11 is 0. The first-order valence-corrected chi connectivity index (χ1v) is 12.9. The first-order chi connectivity index (χ1) is 16.5. The van der Waals surface area contributed by atoms with Crippen molar-refractivity contribution >= 4 is 66.6 Å². The maximum absolute atomic E-state index is 10.8. The molecular formula is C27H44Cl4N6O2. The van der Waals surface area contributed by atoms with Gasteiger partial charge in [-0.1, -0.05) is 26.0 Å². The molecule has 5 rings (SSSR count). The molecule has 8 nitrogen and oxygen atoms in total. The van der Waals surface area contributed by atoms with Gasteiger partial charge in [-0.3, -0.25) is 4.98 Å². The van der Waals surface area contributed by atoms with E-state index in [1.807, 2.05) is 24.3 Å². The molecular weight excluding hydrogens is 582 g/mol. The smallest absolute Gasteiger partial charge is 0.204 e. The number of aromatic hydroxyl groups is 1. The van der Waals surface area contributed by atoms with Gasteiger partial charge in [-0.25, -0.2) is 4.98 Å². The number of halogens is 4. The van der Waals surface area contributed by atoms with Crippen molar-refractivity contribution in [1.29, 1.82) is 0 Å². The van der Waals surface area contributed by atoms with Crippen molar-refractivity contribution in [2.45, 2.75) is 71.0 Å². The molecule has 1 fully saturated rings. The Morgan fingerprint density at radius 2 is 1.69 bits per heavy atom. The first-order valence-electron chi connectivity index (χ1n) is 12.9. The summed E-state index contributed by atoms with van der Waals surface area (Å²) < 4.78 is 2.17. The number of pyridine rings is 1. The Hall–Kier alpha value is -1.52. The Labute approximate surface area is 256 Å². The predicted molar refractivity (Wildman–Crippen MR) is 170 cm³/mol. The molecule has 1 aliphatic carbocycles. The highest BCUT2D eigenvalue weighted by Crippen LogP contribution is 2.29. The van der Waals surface area contributed by atoms with Gasteiger partial charge in [0.2, 0.25) is 5.95 Å². The van der Waals surface area contributed by atoms with Crippen LogP contribution in [-0.4, -0.2) is 61.7 Å². The van der Waals surface area contributed by atoms with Crippen LogP contribution in [0.25, 0.3) is 11.0 Å². The molecule has 1 saturated heterocycles. The highest BCUT2D eigenvalue weighted by Gasteiger charge is 2.24. The van der Waals surface area contributed by atoms with Crippen LogP contribution < -0.4 is 11.1 Å². The zero-order valence-corrected chi connectivity index (χ0v) is 25.9. The van der Waals surface area contributed by atoms with E-state index in [0.717, 1.165) is 73.7 Å². The molecule has 0 radical (unpaired) electrons. The number of imidazole rings is 1. The first kappa shape index (κ1) is 37.5. The second-order valence-electron chi connectivity index (χ2n) is 10.4. The number of nitrogens with one attached hydrogen (secondary N) is 1. The van der Waals surface area contributed by atoms with E-state index in [1.165, 1.54) is 18.4 Å². The number of fused-ring (bicyclic) bond motifs is 2. The van der Waals surface area contributed by atoms with Crippen LogP contribution in [0, 0.1) is 5.92 Å². The zero-order valence-electron chi connectivity index (χ0n) is 22.6. The lowest BCUT2D eigenvalue weighted by atomic mass is 9.95. The van der Waals surface area contributed by atoms with E-state index in [2.05, 4.69) is 34.7 Å². The van der Waals surface area contributed by atoms with Gasteiger partial charge in [0.25, 0.3) is 0 Å². The standard InChI is InChI=1S/C27H38N6O.4ClH.H2O/c1-18(2)21(28)16-32-13-11-20(12-14-32)29-27-31-23-9-5-6-10-25(23)33(27)17-24-26(34)15-19-7-3-4-8-22(19)30-24;;;;;/h5-6,9-10,15,18,20-21,34H,3-4,7-8,11-14,16-17,28H2,1-2H3,(H,29,31);4*1H;1H2. The Morgan fingerprint density at radius 3 is 2.38 bits per heavy atom. The number of rotatable bonds is 7. The minimum atomic E-state index is 0. The molecule has 3 aromatic rings. The molecule has 0 bridgehead atoms. The van der Waals surface area contributed by atoms with Crippen LogP contribution in [-0.2, 0) is 19.4 Å². The van der Waals surface area contributed by atoms with Crippen molar-refractivity contribution in [2.75, 3.05) is 25.0 Å². The van der Waals surface area contributed by atoms with Gasteiger partial charge in [-0.05, 0) is 68.2 Å². The van der Waals surface area contributed by atoms with Gasteiger partial charge in [0, 0.05) is 37.4 Å². The summed E-state index contributed by atoms with van der Waals surface area (Å²) in [5.41, 5.74) is 11.4. The third-order valence-electron chi connectivity index (χ3n) is 7.57. The van der Waals surface area contributed by atoms with E-state index >= 15 is 0 Å². The van der Waals surface area contributed by atoms with Gasteiger partial charge < -0.3 is 31.1 Å². The van der Waals surface area contributed by atoms with E-state index in [1.54, 1.807) is 0 Å². The van der Waals surface area contributed by atoms with E-state index < -0.39 is 0 Å². The van der Waals surface area contributed by atoms with Gasteiger partial charge in [-0.15, -0.1) is 49.6 Å². The van der Waals surface area contributed by atoms with Gasteiger partial charge in [0.15, 0.2) is 0 Å². The molecule has 2 aromatic heterocycles. The normalized spacial score (nSPS) is 16.0. The number of hydrogen-bond acceptors (Lipinski definition) is 6. The highest BCUT2D eigenvalue weighted by molar-refractivity contribution is 5.86. The fraction of sp³-hybridized carbons (Fsp3) is 0.556. The number of nitrogens with zero attached hydrogens (tertiary/aromatic N) is 4. The highest BCUT2D eigenvalue weighted by atomic mass is 35.5. The summed E-state index contributed by atoms with van der Waals surface area (Å²) in [7, 11) is 0. The summed E-state index contributed by atoms with van der Waals surface area (Å²) in [4.78, 5) is 12.3. The largest absolute Gasteiger partial charge is 0.506 e. The molecule has 1 aliphatic heterocycles. The Balaban J connectivity index is 0.00000289. The summed E-state index contributed by atoms with van der Waals surface area (Å²) in [6.45, 7) is 7.95. The van der Waals surface area contributed by atoms with Crippen LogP contribution in [0.4, 0.5) is 5.95 Å². The minimum Gasteiger partial charge on any atom is -0.506 e. The second kappa shape index (κ2) is 16.7. The molecule has 0 spiro atoms. The van der Waals surface area contributed by atoms with Crippen molar-refractivity contribution in [2.24, 2.45) is 11.7 Å². The molecule has 1 unspecified atom stereocenters. The Morgan fingerprint density at radius 1 is 1.03 bits per heavy atom. The van der Waals surface area contributed by atoms with Crippen LogP contribution >= 0.6 is 49.6 Å². The van der Waals surface area contributed by atoms with E-state index in [0.29, 0.717) is 24.3 Å². The fourth-order valence-electron chi connectivity index (χ4n) is 5.23. The van der Waals surface area contributed by atoms with Crippen LogP contribution in [0.2, 0.25) is 0 Å². The van der Waals surface area contributed by atoms with Crippen molar-refractivity contribution in [3.8, 4) is 5.75 Å². The Kier molecular flexibility index (Phi) is 16.0. The predicted octanol–water partition coefficient (Wildman–Crippen LogP) is 4.79. The number of hydrogen-bond donors (Lipinski definition) is 3. The molecule has 6 N–H and O–H groups in total. The number of aryl methyl sites for hydroxylation is 2. The lowest BCUT2D eigenvalue weighted by Gasteiger charge is -2.34. The molecule has 39 heavy (non-hydrogen) atoms. The minimum absolute atomic E-state index is 0. The van der Waals surface area contributed by atoms with E-state index in [4.69, 9.17) is 15.7 Å². The number of nitrogens with two attached hydrogens (primary N) is 1. The number of para-hydroxylation sites is 2. The van der Waals surface area contributed by atoms with Gasteiger partial charge in [-0.2, -0.15) is 0 Å².